The molecule has 1 atom stereocenters. The maximum Gasteiger partial charge on any atom is 0.249 e. The predicted octanol–water partition coefficient (Wildman–Crippen LogP) is 3.07. The van der Waals surface area contributed by atoms with Gasteiger partial charge in [-0.1, -0.05) is 31.4 Å². The molecule has 134 valence electrons. The Morgan fingerprint density at radius 2 is 2.08 bits per heavy atom. The van der Waals surface area contributed by atoms with Crippen molar-refractivity contribution >= 4 is 18.3 Å². The van der Waals surface area contributed by atoms with Gasteiger partial charge >= 0.3 is 0 Å². The van der Waals surface area contributed by atoms with Crippen LogP contribution in [0.4, 0.5) is 4.39 Å². The van der Waals surface area contributed by atoms with Crippen LogP contribution in [0.3, 0.4) is 0 Å². The molecule has 1 unspecified atom stereocenters. The molecule has 0 aromatic heterocycles. The summed E-state index contributed by atoms with van der Waals surface area (Å²) in [5, 5.41) is 3.29. The third-order valence-electron chi connectivity index (χ3n) is 4.79. The fraction of sp³-hybridized carbons (Fsp3) is 0.611. The van der Waals surface area contributed by atoms with Crippen LogP contribution >= 0.6 is 12.4 Å². The Labute approximate surface area is 149 Å². The van der Waals surface area contributed by atoms with Gasteiger partial charge in [-0.3, -0.25) is 4.79 Å². The van der Waals surface area contributed by atoms with E-state index in [0.717, 1.165) is 24.9 Å². The molecule has 1 saturated carbocycles. The summed E-state index contributed by atoms with van der Waals surface area (Å²) in [6, 6.07) is 6.39. The lowest BCUT2D eigenvalue weighted by molar-refractivity contribution is -0.142. The van der Waals surface area contributed by atoms with Crippen molar-refractivity contribution < 1.29 is 13.9 Å². The van der Waals surface area contributed by atoms with Gasteiger partial charge in [0.1, 0.15) is 12.4 Å². The third-order valence-corrected chi connectivity index (χ3v) is 4.79. The Kier molecular flexibility index (Phi) is 7.46. The van der Waals surface area contributed by atoms with Gasteiger partial charge in [-0.2, -0.15) is 0 Å². The van der Waals surface area contributed by atoms with Gasteiger partial charge in [0, 0.05) is 19.6 Å². The molecule has 3 rings (SSSR count). The van der Waals surface area contributed by atoms with Crippen LogP contribution in [-0.2, 0) is 9.53 Å². The molecule has 2 aliphatic rings. The standard InChI is InChI=1S/C18H25FN2O2.ClH/c19-15-6-4-5-14(11-15)17-12-20-9-10-21(17)18(22)13-23-16-7-2-1-3-8-16;/h4-6,11,16-17,20H,1-3,7-10,12-13H2;1H. The zero-order valence-electron chi connectivity index (χ0n) is 13.9. The molecule has 6 heteroatoms. The van der Waals surface area contributed by atoms with Crippen LogP contribution in [0, 0.1) is 5.82 Å². The van der Waals surface area contributed by atoms with Gasteiger partial charge in [0.05, 0.1) is 12.1 Å². The summed E-state index contributed by atoms with van der Waals surface area (Å²) >= 11 is 0. The first-order valence-corrected chi connectivity index (χ1v) is 8.61. The molecule has 0 bridgehead atoms. The lowest BCUT2D eigenvalue weighted by Crippen LogP contribution is -2.50. The maximum atomic E-state index is 13.5. The van der Waals surface area contributed by atoms with Crippen LogP contribution in [0.1, 0.15) is 43.7 Å². The minimum absolute atomic E-state index is 0. The Balaban J connectivity index is 0.00000208. The number of amides is 1. The Hall–Kier alpha value is -1.17. The Morgan fingerprint density at radius 3 is 2.83 bits per heavy atom. The van der Waals surface area contributed by atoms with E-state index in [-0.39, 0.29) is 42.9 Å². The van der Waals surface area contributed by atoms with E-state index in [2.05, 4.69) is 5.32 Å². The van der Waals surface area contributed by atoms with E-state index in [9.17, 15) is 9.18 Å². The first-order chi connectivity index (χ1) is 11.2. The van der Waals surface area contributed by atoms with E-state index in [1.165, 1.54) is 31.4 Å². The zero-order chi connectivity index (χ0) is 16.1. The largest absolute Gasteiger partial charge is 0.368 e. The van der Waals surface area contributed by atoms with Gasteiger partial charge in [0.2, 0.25) is 5.91 Å². The molecule has 0 spiro atoms. The number of carbonyl (C=O) groups excluding carboxylic acids is 1. The number of piperazine rings is 1. The van der Waals surface area contributed by atoms with Gasteiger partial charge in [-0.15, -0.1) is 12.4 Å². The molecule has 1 aliphatic heterocycles. The topological polar surface area (TPSA) is 41.6 Å². The molecule has 1 aliphatic carbocycles. The second-order valence-electron chi connectivity index (χ2n) is 6.43. The van der Waals surface area contributed by atoms with Crippen molar-refractivity contribution in [2.75, 3.05) is 26.2 Å². The molecule has 0 radical (unpaired) electrons. The van der Waals surface area contributed by atoms with Crippen molar-refractivity contribution in [3.63, 3.8) is 0 Å². The van der Waals surface area contributed by atoms with Gasteiger partial charge in [-0.05, 0) is 30.5 Å². The number of nitrogens with one attached hydrogen (secondary N) is 1. The molecule has 1 heterocycles. The van der Waals surface area contributed by atoms with Gasteiger partial charge in [-0.25, -0.2) is 4.39 Å². The van der Waals surface area contributed by atoms with Crippen molar-refractivity contribution in [1.82, 2.24) is 10.2 Å². The number of benzene rings is 1. The van der Waals surface area contributed by atoms with Gasteiger partial charge < -0.3 is 15.0 Å². The number of hydrogen-bond acceptors (Lipinski definition) is 3. The highest BCUT2D eigenvalue weighted by Crippen LogP contribution is 2.24. The van der Waals surface area contributed by atoms with Gasteiger partial charge in [0.25, 0.3) is 0 Å². The highest BCUT2D eigenvalue weighted by molar-refractivity contribution is 5.85. The molecule has 1 N–H and O–H groups in total. The van der Waals surface area contributed by atoms with Crippen LogP contribution in [0.2, 0.25) is 0 Å². The van der Waals surface area contributed by atoms with Crippen LogP contribution in [-0.4, -0.2) is 43.2 Å². The van der Waals surface area contributed by atoms with Crippen LogP contribution < -0.4 is 5.32 Å². The monoisotopic (exact) mass is 356 g/mol. The number of hydrogen-bond donors (Lipinski definition) is 1. The Morgan fingerprint density at radius 1 is 1.29 bits per heavy atom. The van der Waals surface area contributed by atoms with Crippen LogP contribution in [0.5, 0.6) is 0 Å². The van der Waals surface area contributed by atoms with Crippen molar-refractivity contribution in [2.24, 2.45) is 0 Å². The van der Waals surface area contributed by atoms with Crippen LogP contribution in [0.25, 0.3) is 0 Å². The number of ether oxygens (including phenoxy) is 1. The van der Waals surface area contributed by atoms with E-state index >= 15 is 0 Å². The van der Waals surface area contributed by atoms with Crippen molar-refractivity contribution in [1.29, 1.82) is 0 Å². The number of carbonyl (C=O) groups is 1. The highest BCUT2D eigenvalue weighted by atomic mass is 35.5. The molecule has 2 fully saturated rings. The third kappa shape index (κ3) is 4.91. The summed E-state index contributed by atoms with van der Waals surface area (Å²) in [4.78, 5) is 14.4. The fourth-order valence-electron chi connectivity index (χ4n) is 3.52. The highest BCUT2D eigenvalue weighted by Gasteiger charge is 2.28. The Bertz CT molecular complexity index is 538. The summed E-state index contributed by atoms with van der Waals surface area (Å²) in [6.07, 6.45) is 6.00. The molecule has 24 heavy (non-hydrogen) atoms. The molecular weight excluding hydrogens is 331 g/mol. The second kappa shape index (κ2) is 9.35. The van der Waals surface area contributed by atoms with E-state index in [1.807, 2.05) is 11.0 Å². The zero-order valence-corrected chi connectivity index (χ0v) is 14.7. The second-order valence-corrected chi connectivity index (χ2v) is 6.43. The molecule has 1 amide bonds. The molecular formula is C18H26ClFN2O2. The van der Waals surface area contributed by atoms with Crippen molar-refractivity contribution in [2.45, 2.75) is 44.2 Å². The normalized spacial score (nSPS) is 22.0. The fourth-order valence-corrected chi connectivity index (χ4v) is 3.52. The predicted molar refractivity (Wildman–Crippen MR) is 93.8 cm³/mol. The summed E-state index contributed by atoms with van der Waals surface area (Å²) in [7, 11) is 0. The van der Waals surface area contributed by atoms with E-state index in [0.29, 0.717) is 13.1 Å². The van der Waals surface area contributed by atoms with Crippen LogP contribution in [0.15, 0.2) is 24.3 Å². The van der Waals surface area contributed by atoms with Crippen molar-refractivity contribution in [3.8, 4) is 0 Å². The van der Waals surface area contributed by atoms with E-state index in [4.69, 9.17) is 4.74 Å². The first-order valence-electron chi connectivity index (χ1n) is 8.61. The SMILES string of the molecule is Cl.O=C(COC1CCCCC1)N1CCNCC1c1cccc(F)c1. The summed E-state index contributed by atoms with van der Waals surface area (Å²) in [5.41, 5.74) is 0.836. The van der Waals surface area contributed by atoms with E-state index in [1.54, 1.807) is 6.07 Å². The number of nitrogens with zero attached hydrogens (tertiary/aromatic N) is 1. The molecule has 1 aromatic carbocycles. The number of rotatable bonds is 4. The minimum atomic E-state index is -0.265. The first kappa shape index (κ1) is 19.2. The van der Waals surface area contributed by atoms with Gasteiger partial charge in [0.15, 0.2) is 0 Å². The maximum absolute atomic E-state index is 13.5. The average Bonchev–Trinajstić information content (AvgIpc) is 2.60. The summed E-state index contributed by atoms with van der Waals surface area (Å²) in [6.45, 7) is 2.18. The average molecular weight is 357 g/mol. The van der Waals surface area contributed by atoms with E-state index < -0.39 is 0 Å². The summed E-state index contributed by atoms with van der Waals surface area (Å²) < 4.78 is 19.3. The van der Waals surface area contributed by atoms with Crippen molar-refractivity contribution in [3.05, 3.63) is 35.6 Å². The summed E-state index contributed by atoms with van der Waals surface area (Å²) in [5.74, 6) is -0.259. The lowest BCUT2D eigenvalue weighted by atomic mass is 9.98. The molecule has 1 aromatic rings. The molecule has 1 saturated heterocycles. The lowest BCUT2D eigenvalue weighted by Gasteiger charge is -2.37. The molecule has 4 nitrogen and oxygen atoms in total. The minimum Gasteiger partial charge on any atom is -0.368 e. The number of halogens is 2. The quantitative estimate of drug-likeness (QED) is 0.901. The smallest absolute Gasteiger partial charge is 0.249 e.